The van der Waals surface area contributed by atoms with E-state index in [1.165, 1.54) is 7.11 Å². The van der Waals surface area contributed by atoms with E-state index < -0.39 is 12.1 Å². The number of carbonyl (C=O) groups excluding carboxylic acids is 2. The lowest BCUT2D eigenvalue weighted by atomic mass is 10.3. The van der Waals surface area contributed by atoms with Crippen LogP contribution in [0.15, 0.2) is 24.3 Å². The molecule has 1 aromatic carbocycles. The number of carboxylic acid groups (broad SMARTS) is 1. The van der Waals surface area contributed by atoms with Crippen molar-refractivity contribution in [1.82, 2.24) is 0 Å². The third-order valence-corrected chi connectivity index (χ3v) is 2.98. The second-order valence-corrected chi connectivity index (χ2v) is 4.61. The number of methoxy groups -OCH3 is 1. The van der Waals surface area contributed by atoms with Crippen LogP contribution in [-0.2, 0) is 14.3 Å². The molecule has 0 fully saturated rings. The maximum atomic E-state index is 11.5. The molecule has 20 heavy (non-hydrogen) atoms. The van der Waals surface area contributed by atoms with E-state index >= 15 is 0 Å². The molecular formula is C12H14N2O5S. The quantitative estimate of drug-likeness (QED) is 0.737. The molecule has 108 valence electrons. The number of aliphatic carboxylic acids is 1. The van der Waals surface area contributed by atoms with Crippen LogP contribution in [0.25, 0.3) is 0 Å². The molecule has 0 aliphatic rings. The molecular weight excluding hydrogens is 284 g/mol. The van der Waals surface area contributed by atoms with Gasteiger partial charge in [0.1, 0.15) is 0 Å². The van der Waals surface area contributed by atoms with Gasteiger partial charge >= 0.3 is 12.1 Å². The largest absolute Gasteiger partial charge is 0.481 e. The first-order valence-electron chi connectivity index (χ1n) is 5.55. The summed E-state index contributed by atoms with van der Waals surface area (Å²) in [7, 11) is 1.26. The van der Waals surface area contributed by atoms with Crippen LogP contribution in [0.3, 0.4) is 0 Å². The summed E-state index contributed by atoms with van der Waals surface area (Å²) in [6, 6.07) is 6.45. The summed E-state index contributed by atoms with van der Waals surface area (Å²) in [4.78, 5) is 32.7. The van der Waals surface area contributed by atoms with Crippen LogP contribution in [0.5, 0.6) is 0 Å². The molecule has 0 saturated heterocycles. The highest BCUT2D eigenvalue weighted by Crippen LogP contribution is 2.14. The zero-order chi connectivity index (χ0) is 15.0. The summed E-state index contributed by atoms with van der Waals surface area (Å²) >= 11 is 1.02. The van der Waals surface area contributed by atoms with Gasteiger partial charge in [0, 0.05) is 11.4 Å². The second-order valence-electron chi connectivity index (χ2n) is 3.63. The number of nitrogens with one attached hydrogen (secondary N) is 2. The smallest absolute Gasteiger partial charge is 0.411 e. The van der Waals surface area contributed by atoms with Crippen molar-refractivity contribution in [3.8, 4) is 0 Å². The summed E-state index contributed by atoms with van der Waals surface area (Å²) in [5.41, 5.74) is 1.09. The molecule has 8 heteroatoms. The van der Waals surface area contributed by atoms with E-state index in [-0.39, 0.29) is 17.4 Å². The van der Waals surface area contributed by atoms with Gasteiger partial charge in [-0.2, -0.15) is 0 Å². The van der Waals surface area contributed by atoms with Crippen molar-refractivity contribution < 1.29 is 24.2 Å². The molecule has 2 amide bonds. The monoisotopic (exact) mass is 298 g/mol. The zero-order valence-corrected chi connectivity index (χ0v) is 11.5. The summed E-state index contributed by atoms with van der Waals surface area (Å²) in [5, 5.41) is 13.5. The molecule has 0 aliphatic carbocycles. The van der Waals surface area contributed by atoms with Gasteiger partial charge in [-0.25, -0.2) is 4.79 Å². The predicted octanol–water partition coefficient (Wildman–Crippen LogP) is 1.62. The van der Waals surface area contributed by atoms with Crippen LogP contribution in [0, 0.1) is 0 Å². The molecule has 0 unspecified atom stereocenters. The van der Waals surface area contributed by atoms with Crippen LogP contribution in [0.4, 0.5) is 16.2 Å². The summed E-state index contributed by atoms with van der Waals surface area (Å²) in [6.45, 7) is 0. The molecule has 0 heterocycles. The van der Waals surface area contributed by atoms with E-state index in [4.69, 9.17) is 5.11 Å². The van der Waals surface area contributed by atoms with Crippen molar-refractivity contribution in [2.75, 3.05) is 29.2 Å². The van der Waals surface area contributed by atoms with Crippen molar-refractivity contribution in [2.24, 2.45) is 0 Å². The van der Waals surface area contributed by atoms with Gasteiger partial charge in [0.05, 0.1) is 18.6 Å². The van der Waals surface area contributed by atoms with E-state index in [1.54, 1.807) is 24.3 Å². The van der Waals surface area contributed by atoms with Gasteiger partial charge in [0.15, 0.2) is 0 Å². The third-order valence-electron chi connectivity index (χ3n) is 2.06. The minimum atomic E-state index is -0.957. The minimum Gasteiger partial charge on any atom is -0.481 e. The fourth-order valence-corrected chi connectivity index (χ4v) is 1.77. The Balaban J connectivity index is 2.42. The highest BCUT2D eigenvalue weighted by Gasteiger charge is 2.05. The van der Waals surface area contributed by atoms with Crippen LogP contribution in [0.2, 0.25) is 0 Å². The van der Waals surface area contributed by atoms with Crippen LogP contribution in [0.1, 0.15) is 0 Å². The fraction of sp³-hybridized carbons (Fsp3) is 0.250. The van der Waals surface area contributed by atoms with Crippen molar-refractivity contribution in [3.63, 3.8) is 0 Å². The number of amides is 2. The van der Waals surface area contributed by atoms with Crippen molar-refractivity contribution in [2.45, 2.75) is 0 Å². The number of ether oxygens (including phenoxy) is 1. The van der Waals surface area contributed by atoms with E-state index in [2.05, 4.69) is 15.4 Å². The molecule has 0 aromatic heterocycles. The van der Waals surface area contributed by atoms with Crippen LogP contribution >= 0.6 is 11.8 Å². The molecule has 0 spiro atoms. The van der Waals surface area contributed by atoms with Gasteiger partial charge in [-0.1, -0.05) is 0 Å². The average Bonchev–Trinajstić information content (AvgIpc) is 2.40. The maximum Gasteiger partial charge on any atom is 0.411 e. The molecule has 1 aromatic rings. The number of carboxylic acids is 1. The Morgan fingerprint density at radius 2 is 1.65 bits per heavy atom. The third kappa shape index (κ3) is 6.10. The first kappa shape index (κ1) is 15.8. The number of rotatable bonds is 6. The maximum absolute atomic E-state index is 11.5. The van der Waals surface area contributed by atoms with Crippen LogP contribution < -0.4 is 10.6 Å². The Bertz CT molecular complexity index is 489. The van der Waals surface area contributed by atoms with E-state index in [0.29, 0.717) is 11.4 Å². The van der Waals surface area contributed by atoms with E-state index in [9.17, 15) is 14.4 Å². The standard InChI is InChI=1S/C12H14N2O5S/c1-19-12(18)14-9-4-2-8(3-5-9)13-10(15)6-20-7-11(16)17/h2-5H,6-7H2,1H3,(H,13,15)(H,14,18)(H,16,17). The predicted molar refractivity (Wildman–Crippen MR) is 76.1 cm³/mol. The van der Waals surface area contributed by atoms with Gasteiger partial charge < -0.3 is 15.2 Å². The fourth-order valence-electron chi connectivity index (χ4n) is 1.23. The molecule has 0 bridgehead atoms. The Kier molecular flexibility index (Phi) is 6.38. The van der Waals surface area contributed by atoms with Gasteiger partial charge in [-0.05, 0) is 24.3 Å². The topological polar surface area (TPSA) is 105 Å². The second kappa shape index (κ2) is 8.05. The lowest BCUT2D eigenvalue weighted by molar-refractivity contribution is -0.133. The molecule has 3 N–H and O–H groups in total. The minimum absolute atomic E-state index is 0.0640. The van der Waals surface area contributed by atoms with Crippen molar-refractivity contribution >= 4 is 41.1 Å². The number of benzene rings is 1. The van der Waals surface area contributed by atoms with Gasteiger partial charge in [-0.15, -0.1) is 11.8 Å². The highest BCUT2D eigenvalue weighted by atomic mass is 32.2. The number of hydrogen-bond donors (Lipinski definition) is 3. The zero-order valence-electron chi connectivity index (χ0n) is 10.7. The van der Waals surface area contributed by atoms with Crippen LogP contribution in [-0.4, -0.2) is 41.7 Å². The van der Waals surface area contributed by atoms with Gasteiger partial charge in [-0.3, -0.25) is 14.9 Å². The lowest BCUT2D eigenvalue weighted by Crippen LogP contribution is -2.15. The lowest BCUT2D eigenvalue weighted by Gasteiger charge is -2.07. The van der Waals surface area contributed by atoms with Crippen molar-refractivity contribution in [3.05, 3.63) is 24.3 Å². The number of carbonyl (C=O) groups is 3. The molecule has 0 aliphatic heterocycles. The molecule has 1 rings (SSSR count). The number of thioether (sulfide) groups is 1. The van der Waals surface area contributed by atoms with Gasteiger partial charge in [0.25, 0.3) is 0 Å². The molecule has 7 nitrogen and oxygen atoms in total. The summed E-state index contributed by atoms with van der Waals surface area (Å²) < 4.78 is 4.44. The number of hydrogen-bond acceptors (Lipinski definition) is 5. The molecule has 0 atom stereocenters. The Morgan fingerprint density at radius 3 is 2.15 bits per heavy atom. The highest BCUT2D eigenvalue weighted by molar-refractivity contribution is 8.00. The normalized spacial score (nSPS) is 9.65. The van der Waals surface area contributed by atoms with E-state index in [1.807, 2.05) is 0 Å². The first-order chi connectivity index (χ1) is 9.51. The number of anilines is 2. The summed E-state index contributed by atoms with van der Waals surface area (Å²) in [6.07, 6.45) is -0.577. The summed E-state index contributed by atoms with van der Waals surface area (Å²) in [5.74, 6) is -1.30. The Morgan fingerprint density at radius 1 is 1.10 bits per heavy atom. The molecule has 0 radical (unpaired) electrons. The Hall–Kier alpha value is -2.22. The SMILES string of the molecule is COC(=O)Nc1ccc(NC(=O)CSCC(=O)O)cc1. The Labute approximate surface area is 119 Å². The van der Waals surface area contributed by atoms with Crippen molar-refractivity contribution in [1.29, 1.82) is 0 Å². The van der Waals surface area contributed by atoms with E-state index in [0.717, 1.165) is 11.8 Å². The van der Waals surface area contributed by atoms with Gasteiger partial charge in [0.2, 0.25) is 5.91 Å². The first-order valence-corrected chi connectivity index (χ1v) is 6.71. The average molecular weight is 298 g/mol. The molecule has 0 saturated carbocycles.